The van der Waals surface area contributed by atoms with E-state index < -0.39 is 0 Å². The molecule has 2 N–H and O–H groups in total. The SMILES string of the molecule is CC(CCCO)NCc1ccc(-c2ccccc2)o1. The largest absolute Gasteiger partial charge is 0.460 e. The second-order valence-corrected chi connectivity index (χ2v) is 4.78. The van der Waals surface area contributed by atoms with E-state index in [1.807, 2.05) is 42.5 Å². The molecule has 0 saturated carbocycles. The lowest BCUT2D eigenvalue weighted by molar-refractivity contribution is 0.275. The van der Waals surface area contributed by atoms with Crippen LogP contribution in [0.25, 0.3) is 11.3 Å². The van der Waals surface area contributed by atoms with Crippen molar-refractivity contribution < 1.29 is 9.52 Å². The summed E-state index contributed by atoms with van der Waals surface area (Å²) in [6, 6.07) is 14.5. The van der Waals surface area contributed by atoms with Crippen molar-refractivity contribution in [2.45, 2.75) is 32.4 Å². The summed E-state index contributed by atoms with van der Waals surface area (Å²) >= 11 is 0. The number of nitrogens with one attached hydrogen (secondary N) is 1. The van der Waals surface area contributed by atoms with Gasteiger partial charge in [-0.1, -0.05) is 30.3 Å². The second-order valence-electron chi connectivity index (χ2n) is 4.78. The number of aliphatic hydroxyl groups excluding tert-OH is 1. The van der Waals surface area contributed by atoms with E-state index in [1.54, 1.807) is 0 Å². The number of aliphatic hydroxyl groups is 1. The number of hydrogen-bond donors (Lipinski definition) is 2. The number of furan rings is 1. The summed E-state index contributed by atoms with van der Waals surface area (Å²) in [5.74, 6) is 1.84. The van der Waals surface area contributed by atoms with Crippen molar-refractivity contribution in [2.75, 3.05) is 6.61 Å². The van der Waals surface area contributed by atoms with E-state index in [0.29, 0.717) is 6.04 Å². The van der Waals surface area contributed by atoms with Gasteiger partial charge in [0.2, 0.25) is 0 Å². The smallest absolute Gasteiger partial charge is 0.134 e. The van der Waals surface area contributed by atoms with Crippen LogP contribution in [0.15, 0.2) is 46.9 Å². The molecule has 0 aliphatic heterocycles. The molecule has 1 aromatic heterocycles. The molecule has 1 atom stereocenters. The zero-order chi connectivity index (χ0) is 13.5. The molecular weight excluding hydrogens is 238 g/mol. The molecule has 0 amide bonds. The molecule has 1 aromatic carbocycles. The Labute approximate surface area is 114 Å². The molecule has 19 heavy (non-hydrogen) atoms. The maximum Gasteiger partial charge on any atom is 0.134 e. The first-order valence-corrected chi connectivity index (χ1v) is 6.78. The first-order chi connectivity index (χ1) is 9.29. The maximum absolute atomic E-state index is 8.78. The lowest BCUT2D eigenvalue weighted by atomic mass is 10.2. The Balaban J connectivity index is 1.88. The lowest BCUT2D eigenvalue weighted by Gasteiger charge is -2.11. The van der Waals surface area contributed by atoms with Gasteiger partial charge in [0, 0.05) is 18.2 Å². The summed E-state index contributed by atoms with van der Waals surface area (Å²) in [6.07, 6.45) is 1.81. The summed E-state index contributed by atoms with van der Waals surface area (Å²) in [5, 5.41) is 12.2. The van der Waals surface area contributed by atoms with Crippen LogP contribution in [0.4, 0.5) is 0 Å². The number of hydrogen-bond acceptors (Lipinski definition) is 3. The van der Waals surface area contributed by atoms with Crippen LogP contribution in [-0.2, 0) is 6.54 Å². The van der Waals surface area contributed by atoms with E-state index >= 15 is 0 Å². The van der Waals surface area contributed by atoms with Gasteiger partial charge in [-0.3, -0.25) is 0 Å². The van der Waals surface area contributed by atoms with Crippen LogP contribution in [0.3, 0.4) is 0 Å². The van der Waals surface area contributed by atoms with Gasteiger partial charge in [-0.05, 0) is 31.9 Å². The Morgan fingerprint density at radius 2 is 1.95 bits per heavy atom. The topological polar surface area (TPSA) is 45.4 Å². The van der Waals surface area contributed by atoms with Crippen LogP contribution in [-0.4, -0.2) is 17.8 Å². The molecule has 0 fully saturated rings. The summed E-state index contributed by atoms with van der Waals surface area (Å²) in [4.78, 5) is 0. The van der Waals surface area contributed by atoms with Crippen LogP contribution in [0.2, 0.25) is 0 Å². The highest BCUT2D eigenvalue weighted by molar-refractivity contribution is 5.57. The van der Waals surface area contributed by atoms with Gasteiger partial charge in [0.25, 0.3) is 0 Å². The van der Waals surface area contributed by atoms with Crippen molar-refractivity contribution in [3.05, 3.63) is 48.2 Å². The highest BCUT2D eigenvalue weighted by Crippen LogP contribution is 2.21. The summed E-state index contributed by atoms with van der Waals surface area (Å²) in [5.41, 5.74) is 1.10. The van der Waals surface area contributed by atoms with Crippen molar-refractivity contribution in [1.29, 1.82) is 0 Å². The summed E-state index contributed by atoms with van der Waals surface area (Å²) in [7, 11) is 0. The van der Waals surface area contributed by atoms with Gasteiger partial charge in [-0.2, -0.15) is 0 Å². The molecule has 0 saturated heterocycles. The van der Waals surface area contributed by atoms with Crippen LogP contribution in [0, 0.1) is 0 Å². The molecule has 1 heterocycles. The second kappa shape index (κ2) is 7.12. The first kappa shape index (κ1) is 13.8. The van der Waals surface area contributed by atoms with E-state index in [4.69, 9.17) is 9.52 Å². The average Bonchev–Trinajstić information content (AvgIpc) is 2.93. The van der Waals surface area contributed by atoms with Gasteiger partial charge in [0.1, 0.15) is 11.5 Å². The molecule has 3 heteroatoms. The monoisotopic (exact) mass is 259 g/mol. The van der Waals surface area contributed by atoms with E-state index in [1.165, 1.54) is 0 Å². The minimum Gasteiger partial charge on any atom is -0.460 e. The van der Waals surface area contributed by atoms with Gasteiger partial charge in [-0.25, -0.2) is 0 Å². The third kappa shape index (κ3) is 4.23. The fourth-order valence-corrected chi connectivity index (χ4v) is 2.00. The molecule has 0 bridgehead atoms. The van der Waals surface area contributed by atoms with E-state index in [9.17, 15) is 0 Å². The predicted molar refractivity (Wildman–Crippen MR) is 76.8 cm³/mol. The summed E-state index contributed by atoms with van der Waals surface area (Å²) in [6.45, 7) is 3.10. The molecule has 0 aliphatic rings. The van der Waals surface area contributed by atoms with Gasteiger partial charge < -0.3 is 14.8 Å². The van der Waals surface area contributed by atoms with Crippen molar-refractivity contribution in [3.8, 4) is 11.3 Å². The third-order valence-corrected chi connectivity index (χ3v) is 3.14. The Bertz CT molecular complexity index is 479. The predicted octanol–water partition coefficient (Wildman–Crippen LogP) is 3.20. The normalized spacial score (nSPS) is 12.5. The fourth-order valence-electron chi connectivity index (χ4n) is 2.00. The third-order valence-electron chi connectivity index (χ3n) is 3.14. The lowest BCUT2D eigenvalue weighted by Crippen LogP contribution is -2.25. The van der Waals surface area contributed by atoms with Gasteiger partial charge >= 0.3 is 0 Å². The first-order valence-electron chi connectivity index (χ1n) is 6.78. The van der Waals surface area contributed by atoms with Crippen molar-refractivity contribution in [3.63, 3.8) is 0 Å². The Kier molecular flexibility index (Phi) is 5.19. The standard InChI is InChI=1S/C16H21NO2/c1-13(6-5-11-18)17-12-15-9-10-16(19-15)14-7-3-2-4-8-14/h2-4,7-10,13,17-18H,5-6,11-12H2,1H3. The molecular formula is C16H21NO2. The van der Waals surface area contributed by atoms with Crippen LogP contribution >= 0.6 is 0 Å². The molecule has 1 unspecified atom stereocenters. The highest BCUT2D eigenvalue weighted by atomic mass is 16.3. The Morgan fingerprint density at radius 3 is 2.68 bits per heavy atom. The molecule has 3 nitrogen and oxygen atoms in total. The minimum atomic E-state index is 0.255. The van der Waals surface area contributed by atoms with Crippen molar-refractivity contribution >= 4 is 0 Å². The van der Waals surface area contributed by atoms with Crippen LogP contribution < -0.4 is 5.32 Å². The molecule has 0 aliphatic carbocycles. The molecule has 0 radical (unpaired) electrons. The van der Waals surface area contributed by atoms with Crippen molar-refractivity contribution in [2.24, 2.45) is 0 Å². The van der Waals surface area contributed by atoms with E-state index in [0.717, 1.165) is 36.5 Å². The van der Waals surface area contributed by atoms with Gasteiger partial charge in [0.05, 0.1) is 6.54 Å². The fraction of sp³-hybridized carbons (Fsp3) is 0.375. The summed E-state index contributed by atoms with van der Waals surface area (Å²) < 4.78 is 5.81. The zero-order valence-corrected chi connectivity index (χ0v) is 11.3. The Hall–Kier alpha value is -1.58. The minimum absolute atomic E-state index is 0.255. The molecule has 102 valence electrons. The highest BCUT2D eigenvalue weighted by Gasteiger charge is 2.06. The molecule has 2 aromatic rings. The quantitative estimate of drug-likeness (QED) is 0.802. The average molecular weight is 259 g/mol. The Morgan fingerprint density at radius 1 is 1.16 bits per heavy atom. The maximum atomic E-state index is 8.78. The molecule has 0 spiro atoms. The van der Waals surface area contributed by atoms with E-state index in [-0.39, 0.29) is 6.61 Å². The zero-order valence-electron chi connectivity index (χ0n) is 11.3. The van der Waals surface area contributed by atoms with E-state index in [2.05, 4.69) is 12.2 Å². The van der Waals surface area contributed by atoms with Gasteiger partial charge in [-0.15, -0.1) is 0 Å². The van der Waals surface area contributed by atoms with Crippen molar-refractivity contribution in [1.82, 2.24) is 5.32 Å². The molecule has 2 rings (SSSR count). The van der Waals surface area contributed by atoms with Gasteiger partial charge in [0.15, 0.2) is 0 Å². The van der Waals surface area contributed by atoms with Crippen LogP contribution in [0.1, 0.15) is 25.5 Å². The van der Waals surface area contributed by atoms with Crippen LogP contribution in [0.5, 0.6) is 0 Å². The number of rotatable bonds is 7. The number of benzene rings is 1.